The van der Waals surface area contributed by atoms with Gasteiger partial charge in [0.25, 0.3) is 0 Å². The van der Waals surface area contributed by atoms with E-state index in [0.717, 1.165) is 39.4 Å². The van der Waals surface area contributed by atoms with Crippen molar-refractivity contribution >= 4 is 34.2 Å². The molecule has 1 saturated heterocycles. The van der Waals surface area contributed by atoms with Crippen LogP contribution in [-0.2, 0) is 11.3 Å². The van der Waals surface area contributed by atoms with E-state index in [4.69, 9.17) is 21.3 Å². The molecule has 1 N–H and O–H groups in total. The molecule has 1 aliphatic rings. The lowest BCUT2D eigenvalue weighted by molar-refractivity contribution is -0.117. The monoisotopic (exact) mass is 489 g/mol. The third-order valence-corrected chi connectivity index (χ3v) is 6.60. The highest BCUT2D eigenvalue weighted by Crippen LogP contribution is 2.33. The maximum Gasteiger partial charge on any atom is 0.227 e. The Hall–Kier alpha value is -3.35. The van der Waals surface area contributed by atoms with Crippen LogP contribution in [0.15, 0.2) is 66.7 Å². The number of aromatic nitrogens is 2. The van der Waals surface area contributed by atoms with Crippen molar-refractivity contribution in [3.05, 3.63) is 88.7 Å². The maximum absolute atomic E-state index is 12.9. The molecule has 0 radical (unpaired) electrons. The lowest BCUT2D eigenvalue weighted by atomic mass is 10.1. The number of amides is 1. The predicted molar refractivity (Wildman–Crippen MR) is 138 cm³/mol. The van der Waals surface area contributed by atoms with E-state index in [1.807, 2.05) is 66.9 Å². The number of benzene rings is 3. The van der Waals surface area contributed by atoms with Crippen molar-refractivity contribution < 1.29 is 14.6 Å². The number of carbonyl (C=O) groups is 1. The SMILES string of the molecule is Cc1cc(C)cc(OC[C@@H](O)Cn2c([C@@H]3CC(=O)N(c4ccc(Cl)cc4)C3)nc3ccccc32)c1. The zero-order chi connectivity index (χ0) is 24.5. The third-order valence-electron chi connectivity index (χ3n) is 6.34. The van der Waals surface area contributed by atoms with Crippen molar-refractivity contribution in [3.8, 4) is 5.75 Å². The fourth-order valence-electron chi connectivity index (χ4n) is 4.82. The smallest absolute Gasteiger partial charge is 0.227 e. The summed E-state index contributed by atoms with van der Waals surface area (Å²) in [4.78, 5) is 19.6. The summed E-state index contributed by atoms with van der Waals surface area (Å²) in [6.45, 7) is 5.06. The quantitative estimate of drug-likeness (QED) is 0.384. The standard InChI is InChI=1S/C28H28ClN3O3/c1-18-11-19(2)13-24(12-18)35-17-23(33)16-32-26-6-4-3-5-25(26)30-28(32)20-14-27(34)31(15-20)22-9-7-21(29)8-10-22/h3-13,20,23,33H,14-17H2,1-2H3/t20-,23+/m1/s1. The number of nitrogens with zero attached hydrogens (tertiary/aromatic N) is 3. The number of rotatable bonds is 7. The first-order valence-corrected chi connectivity index (χ1v) is 12.2. The molecule has 4 aromatic rings. The number of hydrogen-bond acceptors (Lipinski definition) is 4. The van der Waals surface area contributed by atoms with Gasteiger partial charge in [-0.15, -0.1) is 0 Å². The minimum absolute atomic E-state index is 0.0506. The number of aryl methyl sites for hydroxylation is 2. The van der Waals surface area contributed by atoms with Gasteiger partial charge in [0, 0.05) is 29.6 Å². The Kier molecular flexibility index (Phi) is 6.50. The minimum atomic E-state index is -0.739. The van der Waals surface area contributed by atoms with Crippen LogP contribution in [-0.4, -0.2) is 39.8 Å². The van der Waals surface area contributed by atoms with Crippen molar-refractivity contribution in [3.63, 3.8) is 0 Å². The number of halogens is 1. The number of imidazole rings is 1. The number of anilines is 1. The molecule has 0 unspecified atom stereocenters. The molecule has 0 spiro atoms. The van der Waals surface area contributed by atoms with E-state index in [1.165, 1.54) is 0 Å². The summed E-state index contributed by atoms with van der Waals surface area (Å²) in [5.41, 5.74) is 4.85. The van der Waals surface area contributed by atoms with Crippen molar-refractivity contribution in [1.82, 2.24) is 9.55 Å². The number of aliphatic hydroxyl groups is 1. The molecule has 5 rings (SSSR count). The van der Waals surface area contributed by atoms with Crippen molar-refractivity contribution in [2.24, 2.45) is 0 Å². The second-order valence-electron chi connectivity index (χ2n) is 9.24. The lowest BCUT2D eigenvalue weighted by Crippen LogP contribution is -2.26. The molecule has 1 aliphatic heterocycles. The molecule has 1 fully saturated rings. The zero-order valence-corrected chi connectivity index (χ0v) is 20.6. The van der Waals surface area contributed by atoms with Crippen LogP contribution in [0.1, 0.15) is 29.3 Å². The summed E-state index contributed by atoms with van der Waals surface area (Å²) in [6, 6.07) is 21.2. The summed E-state index contributed by atoms with van der Waals surface area (Å²) in [7, 11) is 0. The molecular formula is C28H28ClN3O3. The normalized spacial score (nSPS) is 16.7. The summed E-state index contributed by atoms with van der Waals surface area (Å²) >= 11 is 6.02. The second kappa shape index (κ2) is 9.72. The number of carbonyl (C=O) groups excluding carboxylic acids is 1. The van der Waals surface area contributed by atoms with E-state index in [9.17, 15) is 9.90 Å². The topological polar surface area (TPSA) is 67.6 Å². The Morgan fingerprint density at radius 1 is 1.09 bits per heavy atom. The highest BCUT2D eigenvalue weighted by Gasteiger charge is 2.35. The highest BCUT2D eigenvalue weighted by atomic mass is 35.5. The average Bonchev–Trinajstić information content (AvgIpc) is 3.38. The fourth-order valence-corrected chi connectivity index (χ4v) is 4.95. The van der Waals surface area contributed by atoms with Crippen LogP contribution in [0.25, 0.3) is 11.0 Å². The second-order valence-corrected chi connectivity index (χ2v) is 9.68. The van der Waals surface area contributed by atoms with Crippen LogP contribution < -0.4 is 9.64 Å². The third kappa shape index (κ3) is 5.04. The van der Waals surface area contributed by atoms with Crippen LogP contribution >= 0.6 is 11.6 Å². The molecule has 7 heteroatoms. The first-order valence-electron chi connectivity index (χ1n) is 11.8. The molecule has 0 bridgehead atoms. The van der Waals surface area contributed by atoms with E-state index >= 15 is 0 Å². The van der Waals surface area contributed by atoms with E-state index in [-0.39, 0.29) is 18.4 Å². The van der Waals surface area contributed by atoms with Gasteiger partial charge in [-0.1, -0.05) is 29.8 Å². The number of fused-ring (bicyclic) bond motifs is 1. The van der Waals surface area contributed by atoms with Gasteiger partial charge >= 0.3 is 0 Å². The van der Waals surface area contributed by atoms with E-state index in [1.54, 1.807) is 17.0 Å². The predicted octanol–water partition coefficient (Wildman–Crippen LogP) is 5.27. The van der Waals surface area contributed by atoms with Crippen LogP contribution in [0.5, 0.6) is 5.75 Å². The fraction of sp³-hybridized carbons (Fsp3) is 0.286. The van der Waals surface area contributed by atoms with Crippen LogP contribution in [0.3, 0.4) is 0 Å². The maximum atomic E-state index is 12.9. The molecular weight excluding hydrogens is 462 g/mol. The summed E-state index contributed by atoms with van der Waals surface area (Å²) < 4.78 is 7.94. The summed E-state index contributed by atoms with van der Waals surface area (Å²) in [6.07, 6.45) is -0.377. The van der Waals surface area contributed by atoms with Crippen LogP contribution in [0.4, 0.5) is 5.69 Å². The van der Waals surface area contributed by atoms with Gasteiger partial charge in [-0.25, -0.2) is 4.98 Å². The summed E-state index contributed by atoms with van der Waals surface area (Å²) in [5.74, 6) is 1.52. The lowest BCUT2D eigenvalue weighted by Gasteiger charge is -2.19. The molecule has 6 nitrogen and oxygen atoms in total. The van der Waals surface area contributed by atoms with Gasteiger partial charge in [-0.2, -0.15) is 0 Å². The molecule has 3 aromatic carbocycles. The average molecular weight is 490 g/mol. The van der Waals surface area contributed by atoms with Crippen molar-refractivity contribution in [2.45, 2.75) is 38.8 Å². The van der Waals surface area contributed by atoms with E-state index < -0.39 is 6.10 Å². The first kappa shape index (κ1) is 23.4. The number of aliphatic hydroxyl groups excluding tert-OH is 1. The molecule has 1 aromatic heterocycles. The minimum Gasteiger partial charge on any atom is -0.491 e. The Labute approximate surface area is 209 Å². The van der Waals surface area contributed by atoms with Gasteiger partial charge in [-0.3, -0.25) is 4.79 Å². The van der Waals surface area contributed by atoms with E-state index in [2.05, 4.69) is 6.07 Å². The first-order chi connectivity index (χ1) is 16.9. The highest BCUT2D eigenvalue weighted by molar-refractivity contribution is 6.30. The van der Waals surface area contributed by atoms with Crippen molar-refractivity contribution in [1.29, 1.82) is 0 Å². The molecule has 35 heavy (non-hydrogen) atoms. The van der Waals surface area contributed by atoms with Gasteiger partial charge < -0.3 is 19.3 Å². The molecule has 1 amide bonds. The molecule has 180 valence electrons. The van der Waals surface area contributed by atoms with Crippen molar-refractivity contribution in [2.75, 3.05) is 18.1 Å². The Morgan fingerprint density at radius 3 is 2.54 bits per heavy atom. The van der Waals surface area contributed by atoms with Crippen LogP contribution in [0.2, 0.25) is 5.02 Å². The van der Waals surface area contributed by atoms with Gasteiger partial charge in [-0.05, 0) is 73.5 Å². The van der Waals surface area contributed by atoms with Gasteiger partial charge in [0.2, 0.25) is 5.91 Å². The number of para-hydroxylation sites is 2. The Balaban J connectivity index is 1.37. The van der Waals surface area contributed by atoms with Gasteiger partial charge in [0.1, 0.15) is 24.3 Å². The molecule has 2 heterocycles. The van der Waals surface area contributed by atoms with Gasteiger partial charge in [0.05, 0.1) is 17.6 Å². The van der Waals surface area contributed by atoms with Crippen LogP contribution in [0, 0.1) is 13.8 Å². The molecule has 2 atom stereocenters. The Bertz CT molecular complexity index is 1350. The number of hydrogen-bond donors (Lipinski definition) is 1. The van der Waals surface area contributed by atoms with E-state index in [0.29, 0.717) is 24.5 Å². The largest absolute Gasteiger partial charge is 0.491 e. The summed E-state index contributed by atoms with van der Waals surface area (Å²) in [5, 5.41) is 11.5. The number of ether oxygens (including phenoxy) is 1. The molecule has 0 aliphatic carbocycles. The Morgan fingerprint density at radius 2 is 1.80 bits per heavy atom. The zero-order valence-electron chi connectivity index (χ0n) is 19.8. The van der Waals surface area contributed by atoms with Gasteiger partial charge in [0.15, 0.2) is 0 Å². The molecule has 0 saturated carbocycles.